The van der Waals surface area contributed by atoms with Crippen LogP contribution in [0.5, 0.6) is 0 Å². The Hall–Kier alpha value is -0.120. The van der Waals surface area contributed by atoms with Crippen molar-refractivity contribution in [2.45, 2.75) is 25.0 Å². The molecule has 2 N–H and O–H groups in total. The molecule has 0 heterocycles. The van der Waals surface area contributed by atoms with Crippen LogP contribution in [0.25, 0.3) is 0 Å². The smallest absolute Gasteiger partial charge is 0.0602 e. The molecule has 0 aromatic carbocycles. The Morgan fingerprint density at radius 2 is 2.25 bits per heavy atom. The van der Waals surface area contributed by atoms with Crippen LogP contribution in [-0.4, -0.2) is 24.5 Å². The van der Waals surface area contributed by atoms with E-state index < -0.39 is 0 Å². The van der Waals surface area contributed by atoms with Crippen molar-refractivity contribution in [3.63, 3.8) is 0 Å². The average molecular weight is 117 g/mol. The van der Waals surface area contributed by atoms with Crippen molar-refractivity contribution in [2.75, 3.05) is 7.11 Å². The van der Waals surface area contributed by atoms with Crippen LogP contribution in [0.2, 0.25) is 0 Å². The summed E-state index contributed by atoms with van der Waals surface area (Å²) in [7, 11) is 1.69. The van der Waals surface area contributed by atoms with Crippen LogP contribution in [0.15, 0.2) is 0 Å². The number of hydroxylamine groups is 1. The van der Waals surface area contributed by atoms with Crippen LogP contribution >= 0.6 is 0 Å². The van der Waals surface area contributed by atoms with E-state index in [1.165, 1.54) is 0 Å². The second kappa shape index (κ2) is 2.44. The molecule has 1 fully saturated rings. The summed E-state index contributed by atoms with van der Waals surface area (Å²) in [6, 6.07) is 0.278. The van der Waals surface area contributed by atoms with Crippen LogP contribution in [0.4, 0.5) is 0 Å². The Morgan fingerprint density at radius 3 is 2.62 bits per heavy atom. The van der Waals surface area contributed by atoms with Gasteiger partial charge in [-0.3, -0.25) is 0 Å². The lowest BCUT2D eigenvalue weighted by molar-refractivity contribution is -0.0248. The standard InChI is InChI=1S/C5H11NO2/c1-8-5-2-4(3-5)6-7/h4-7H,2-3H2,1H3. The van der Waals surface area contributed by atoms with E-state index in [0.717, 1.165) is 12.8 Å². The summed E-state index contributed by atoms with van der Waals surface area (Å²) in [5.74, 6) is 0. The lowest BCUT2D eigenvalue weighted by atomic mass is 9.90. The molecule has 1 aliphatic rings. The number of rotatable bonds is 2. The van der Waals surface area contributed by atoms with E-state index in [-0.39, 0.29) is 6.04 Å². The van der Waals surface area contributed by atoms with Gasteiger partial charge >= 0.3 is 0 Å². The fraction of sp³-hybridized carbons (Fsp3) is 1.00. The van der Waals surface area contributed by atoms with Gasteiger partial charge in [0.05, 0.1) is 6.10 Å². The van der Waals surface area contributed by atoms with E-state index in [2.05, 4.69) is 5.48 Å². The van der Waals surface area contributed by atoms with Crippen LogP contribution < -0.4 is 5.48 Å². The first-order valence-corrected chi connectivity index (χ1v) is 2.79. The van der Waals surface area contributed by atoms with Crippen molar-refractivity contribution in [1.29, 1.82) is 0 Å². The van der Waals surface area contributed by atoms with Crippen molar-refractivity contribution < 1.29 is 9.94 Å². The molecule has 0 spiro atoms. The molecule has 0 aromatic rings. The molecule has 0 aliphatic heterocycles. The van der Waals surface area contributed by atoms with E-state index in [1.807, 2.05) is 0 Å². The zero-order chi connectivity index (χ0) is 5.98. The topological polar surface area (TPSA) is 41.5 Å². The predicted molar refractivity (Wildman–Crippen MR) is 28.7 cm³/mol. The van der Waals surface area contributed by atoms with E-state index in [1.54, 1.807) is 7.11 Å². The Balaban J connectivity index is 2.03. The van der Waals surface area contributed by atoms with Crippen molar-refractivity contribution in [2.24, 2.45) is 0 Å². The van der Waals surface area contributed by atoms with Gasteiger partial charge in [0.15, 0.2) is 0 Å². The Morgan fingerprint density at radius 1 is 1.62 bits per heavy atom. The number of hydrogen-bond donors (Lipinski definition) is 2. The SMILES string of the molecule is COC1CC(NO)C1. The Kier molecular flexibility index (Phi) is 1.83. The summed E-state index contributed by atoms with van der Waals surface area (Å²) in [5, 5.41) is 8.29. The van der Waals surface area contributed by atoms with Crippen molar-refractivity contribution in [3.8, 4) is 0 Å². The van der Waals surface area contributed by atoms with Crippen LogP contribution in [0.3, 0.4) is 0 Å². The number of nitrogens with one attached hydrogen (secondary N) is 1. The highest BCUT2D eigenvalue weighted by Gasteiger charge is 2.27. The molecule has 8 heavy (non-hydrogen) atoms. The first-order chi connectivity index (χ1) is 3.86. The minimum atomic E-state index is 0.278. The second-order valence-corrected chi connectivity index (χ2v) is 2.16. The third-order valence-corrected chi connectivity index (χ3v) is 1.61. The van der Waals surface area contributed by atoms with Gasteiger partial charge < -0.3 is 9.94 Å². The first kappa shape index (κ1) is 6.01. The number of ether oxygens (including phenoxy) is 1. The fourth-order valence-electron chi connectivity index (χ4n) is 0.864. The van der Waals surface area contributed by atoms with E-state index in [9.17, 15) is 0 Å². The van der Waals surface area contributed by atoms with Gasteiger partial charge in [-0.2, -0.15) is 0 Å². The molecule has 0 bridgehead atoms. The molecule has 0 atom stereocenters. The molecule has 3 heteroatoms. The van der Waals surface area contributed by atoms with Gasteiger partial charge in [-0.15, -0.1) is 0 Å². The Labute approximate surface area is 48.6 Å². The molecular weight excluding hydrogens is 106 g/mol. The summed E-state index contributed by atoms with van der Waals surface area (Å²) in [6.45, 7) is 0. The van der Waals surface area contributed by atoms with Gasteiger partial charge in [-0.25, -0.2) is 5.48 Å². The maximum Gasteiger partial charge on any atom is 0.0602 e. The van der Waals surface area contributed by atoms with Crippen LogP contribution in [0.1, 0.15) is 12.8 Å². The monoisotopic (exact) mass is 117 g/mol. The largest absolute Gasteiger partial charge is 0.381 e. The Bertz CT molecular complexity index is 62.8. The predicted octanol–water partition coefficient (Wildman–Crippen LogP) is 0.143. The molecule has 0 aromatic heterocycles. The number of methoxy groups -OCH3 is 1. The van der Waals surface area contributed by atoms with Gasteiger partial charge in [0, 0.05) is 13.2 Å². The van der Waals surface area contributed by atoms with Gasteiger partial charge in [0.1, 0.15) is 0 Å². The molecule has 1 aliphatic carbocycles. The summed E-state index contributed by atoms with van der Waals surface area (Å²) >= 11 is 0. The molecule has 1 saturated carbocycles. The van der Waals surface area contributed by atoms with E-state index in [4.69, 9.17) is 9.94 Å². The van der Waals surface area contributed by atoms with Crippen molar-refractivity contribution in [3.05, 3.63) is 0 Å². The maximum absolute atomic E-state index is 8.29. The molecule has 0 radical (unpaired) electrons. The first-order valence-electron chi connectivity index (χ1n) is 2.79. The molecular formula is C5H11NO2. The summed E-state index contributed by atoms with van der Waals surface area (Å²) in [6.07, 6.45) is 2.25. The summed E-state index contributed by atoms with van der Waals surface area (Å²) in [4.78, 5) is 0. The van der Waals surface area contributed by atoms with Crippen LogP contribution in [-0.2, 0) is 4.74 Å². The fourth-order valence-corrected chi connectivity index (χ4v) is 0.864. The van der Waals surface area contributed by atoms with Gasteiger partial charge in [-0.1, -0.05) is 0 Å². The summed E-state index contributed by atoms with van der Waals surface area (Å²) in [5.41, 5.74) is 2.19. The molecule has 0 saturated heterocycles. The van der Waals surface area contributed by atoms with E-state index >= 15 is 0 Å². The molecule has 3 nitrogen and oxygen atoms in total. The highest BCUT2D eigenvalue weighted by Crippen LogP contribution is 2.21. The zero-order valence-corrected chi connectivity index (χ0v) is 4.92. The summed E-state index contributed by atoms with van der Waals surface area (Å²) < 4.78 is 4.97. The molecule has 0 unspecified atom stereocenters. The van der Waals surface area contributed by atoms with Crippen LogP contribution in [0, 0.1) is 0 Å². The normalized spacial score (nSPS) is 36.8. The molecule has 1 rings (SSSR count). The second-order valence-electron chi connectivity index (χ2n) is 2.16. The van der Waals surface area contributed by atoms with Gasteiger partial charge in [0.25, 0.3) is 0 Å². The molecule has 0 amide bonds. The highest BCUT2D eigenvalue weighted by atomic mass is 16.5. The third-order valence-electron chi connectivity index (χ3n) is 1.61. The number of hydrogen-bond acceptors (Lipinski definition) is 3. The minimum Gasteiger partial charge on any atom is -0.381 e. The lowest BCUT2D eigenvalue weighted by Crippen LogP contribution is -2.43. The average Bonchev–Trinajstić information content (AvgIpc) is 1.65. The van der Waals surface area contributed by atoms with Crippen molar-refractivity contribution in [1.82, 2.24) is 5.48 Å². The maximum atomic E-state index is 8.29. The zero-order valence-electron chi connectivity index (χ0n) is 4.92. The quantitative estimate of drug-likeness (QED) is 0.505. The minimum absolute atomic E-state index is 0.278. The van der Waals surface area contributed by atoms with Crippen molar-refractivity contribution >= 4 is 0 Å². The van der Waals surface area contributed by atoms with E-state index in [0.29, 0.717) is 6.10 Å². The molecule has 48 valence electrons. The third kappa shape index (κ3) is 0.992. The lowest BCUT2D eigenvalue weighted by Gasteiger charge is -2.32. The highest BCUT2D eigenvalue weighted by molar-refractivity contribution is 4.82. The van der Waals surface area contributed by atoms with Gasteiger partial charge in [0.2, 0.25) is 0 Å². The van der Waals surface area contributed by atoms with Gasteiger partial charge in [-0.05, 0) is 12.8 Å².